The summed E-state index contributed by atoms with van der Waals surface area (Å²) in [5.74, 6) is 3.34. The van der Waals surface area contributed by atoms with Crippen LogP contribution in [0.2, 0.25) is 0 Å². The quantitative estimate of drug-likeness (QED) is 0.510. The maximum absolute atomic E-state index is 5.27. The van der Waals surface area contributed by atoms with Gasteiger partial charge in [-0.3, -0.25) is 0 Å². The minimum absolute atomic E-state index is 0.547. The normalized spacial score (nSPS) is 23.6. The highest BCUT2D eigenvalue weighted by atomic mass is 79.9. The van der Waals surface area contributed by atoms with Crippen molar-refractivity contribution in [3.8, 4) is 12.3 Å². The summed E-state index contributed by atoms with van der Waals surface area (Å²) in [6.07, 6.45) is 9.98. The third-order valence-electron chi connectivity index (χ3n) is 1.76. The first-order valence-electron chi connectivity index (χ1n) is 3.29. The Balaban J connectivity index is 2.28. The van der Waals surface area contributed by atoms with Crippen LogP contribution < -0.4 is 0 Å². The molecule has 0 amide bonds. The van der Waals surface area contributed by atoms with E-state index in [9.17, 15) is 0 Å². The predicted molar refractivity (Wildman–Crippen MR) is 43.0 cm³/mol. The average molecular weight is 186 g/mol. The molecular formula is C8H10Br. The van der Waals surface area contributed by atoms with Crippen LogP contribution in [-0.2, 0) is 0 Å². The third-order valence-corrected chi connectivity index (χ3v) is 2.56. The molecule has 0 nitrogen and oxygen atoms in total. The van der Waals surface area contributed by atoms with Gasteiger partial charge >= 0.3 is 0 Å². The topological polar surface area (TPSA) is 0 Å². The summed E-state index contributed by atoms with van der Waals surface area (Å²) in [5.41, 5.74) is 0. The number of rotatable bonds is 0. The van der Waals surface area contributed by atoms with E-state index in [1.54, 1.807) is 0 Å². The van der Waals surface area contributed by atoms with Crippen LogP contribution in [0.25, 0.3) is 0 Å². The van der Waals surface area contributed by atoms with Gasteiger partial charge in [0.1, 0.15) is 0 Å². The van der Waals surface area contributed by atoms with Crippen LogP contribution in [0.4, 0.5) is 0 Å². The zero-order chi connectivity index (χ0) is 6.69. The van der Waals surface area contributed by atoms with Crippen LogP contribution in [0.15, 0.2) is 0 Å². The SMILES string of the molecule is C#CC1CC[C](Br)CC1. The van der Waals surface area contributed by atoms with Crippen molar-refractivity contribution in [3.05, 3.63) is 4.83 Å². The molecule has 9 heavy (non-hydrogen) atoms. The highest BCUT2D eigenvalue weighted by molar-refractivity contribution is 9.11. The van der Waals surface area contributed by atoms with Crippen LogP contribution >= 0.6 is 15.9 Å². The lowest BCUT2D eigenvalue weighted by molar-refractivity contribution is 0.490. The van der Waals surface area contributed by atoms with E-state index in [0.717, 1.165) is 0 Å². The fraction of sp³-hybridized carbons (Fsp3) is 0.625. The Hall–Kier alpha value is 0.0400. The summed E-state index contributed by atoms with van der Waals surface area (Å²) in [6, 6.07) is 0. The highest BCUT2D eigenvalue weighted by Gasteiger charge is 2.16. The minimum atomic E-state index is 0.547. The van der Waals surface area contributed by atoms with Crippen LogP contribution in [0.3, 0.4) is 0 Å². The summed E-state index contributed by atoms with van der Waals surface area (Å²) < 4.78 is 0. The molecule has 1 aliphatic carbocycles. The van der Waals surface area contributed by atoms with E-state index in [-0.39, 0.29) is 0 Å². The maximum atomic E-state index is 5.27. The molecule has 1 heteroatoms. The second-order valence-electron chi connectivity index (χ2n) is 2.46. The van der Waals surface area contributed by atoms with Crippen molar-refractivity contribution in [2.75, 3.05) is 0 Å². The second kappa shape index (κ2) is 3.27. The molecule has 0 bridgehead atoms. The first kappa shape index (κ1) is 7.15. The van der Waals surface area contributed by atoms with Gasteiger partial charge in [-0.1, -0.05) is 15.9 Å². The number of terminal acetylenes is 1. The van der Waals surface area contributed by atoms with Gasteiger partial charge in [0.25, 0.3) is 0 Å². The van der Waals surface area contributed by atoms with Crippen molar-refractivity contribution >= 4 is 15.9 Å². The smallest absolute Gasteiger partial charge is 0.0411 e. The highest BCUT2D eigenvalue weighted by Crippen LogP contribution is 2.33. The fourth-order valence-electron chi connectivity index (χ4n) is 1.10. The molecule has 0 heterocycles. The number of halogens is 1. The Bertz CT molecular complexity index is 115. The summed E-state index contributed by atoms with van der Waals surface area (Å²) in [7, 11) is 0. The average Bonchev–Trinajstić information content (AvgIpc) is 1.90. The zero-order valence-corrected chi connectivity index (χ0v) is 6.95. The van der Waals surface area contributed by atoms with Gasteiger partial charge in [0.05, 0.1) is 0 Å². The molecule has 1 saturated carbocycles. The first-order chi connectivity index (χ1) is 4.33. The molecule has 0 N–H and O–H groups in total. The zero-order valence-electron chi connectivity index (χ0n) is 5.36. The summed E-state index contributed by atoms with van der Waals surface area (Å²) in [6.45, 7) is 0. The molecular weight excluding hydrogens is 176 g/mol. The molecule has 0 aromatic carbocycles. The van der Waals surface area contributed by atoms with Crippen molar-refractivity contribution in [3.63, 3.8) is 0 Å². The summed E-state index contributed by atoms with van der Waals surface area (Å²) in [4.78, 5) is 1.44. The molecule has 1 radical (unpaired) electrons. The maximum Gasteiger partial charge on any atom is 0.0411 e. The fourth-order valence-corrected chi connectivity index (χ4v) is 1.56. The van der Waals surface area contributed by atoms with Crippen molar-refractivity contribution in [2.24, 2.45) is 5.92 Å². The first-order valence-corrected chi connectivity index (χ1v) is 4.08. The van der Waals surface area contributed by atoms with E-state index in [2.05, 4.69) is 21.9 Å². The molecule has 49 valence electrons. The van der Waals surface area contributed by atoms with Crippen LogP contribution in [-0.4, -0.2) is 0 Å². The van der Waals surface area contributed by atoms with Gasteiger partial charge < -0.3 is 0 Å². The van der Waals surface area contributed by atoms with Gasteiger partial charge in [0.15, 0.2) is 0 Å². The Kier molecular flexibility index (Phi) is 2.60. The molecule has 0 unspecified atom stereocenters. The Morgan fingerprint density at radius 2 is 2.00 bits per heavy atom. The van der Waals surface area contributed by atoms with Gasteiger partial charge in [-0.2, -0.15) is 0 Å². The largest absolute Gasteiger partial charge is 0.120 e. The van der Waals surface area contributed by atoms with Crippen molar-refractivity contribution in [2.45, 2.75) is 25.7 Å². The third kappa shape index (κ3) is 2.02. The lowest BCUT2D eigenvalue weighted by atomic mass is 9.90. The lowest BCUT2D eigenvalue weighted by Gasteiger charge is -2.19. The van der Waals surface area contributed by atoms with E-state index in [4.69, 9.17) is 6.42 Å². The van der Waals surface area contributed by atoms with Crippen LogP contribution in [0.5, 0.6) is 0 Å². The summed E-state index contributed by atoms with van der Waals surface area (Å²) >= 11 is 3.49. The second-order valence-corrected chi connectivity index (χ2v) is 3.58. The molecule has 0 aromatic heterocycles. The molecule has 0 spiro atoms. The van der Waals surface area contributed by atoms with Crippen molar-refractivity contribution in [1.29, 1.82) is 0 Å². The monoisotopic (exact) mass is 185 g/mol. The number of hydrogen-bond acceptors (Lipinski definition) is 0. The molecule has 1 aliphatic rings. The Labute approximate surface area is 65.2 Å². The number of hydrogen-bond donors (Lipinski definition) is 0. The van der Waals surface area contributed by atoms with Gasteiger partial charge in [-0.25, -0.2) is 0 Å². The van der Waals surface area contributed by atoms with Gasteiger partial charge in [0.2, 0.25) is 0 Å². The standard InChI is InChI=1S/C8H10Br/c1-2-7-3-5-8(9)6-4-7/h1,7H,3-6H2. The van der Waals surface area contributed by atoms with Crippen molar-refractivity contribution < 1.29 is 0 Å². The van der Waals surface area contributed by atoms with E-state index >= 15 is 0 Å². The van der Waals surface area contributed by atoms with Gasteiger partial charge in [0, 0.05) is 10.7 Å². The molecule has 0 saturated heterocycles. The van der Waals surface area contributed by atoms with Crippen LogP contribution in [0.1, 0.15) is 25.7 Å². The van der Waals surface area contributed by atoms with Crippen LogP contribution in [0, 0.1) is 23.1 Å². The Morgan fingerprint density at radius 3 is 2.44 bits per heavy atom. The molecule has 0 atom stereocenters. The molecule has 1 fully saturated rings. The van der Waals surface area contributed by atoms with E-state index in [0.29, 0.717) is 5.92 Å². The van der Waals surface area contributed by atoms with E-state index < -0.39 is 0 Å². The Morgan fingerprint density at radius 1 is 1.44 bits per heavy atom. The van der Waals surface area contributed by atoms with Gasteiger partial charge in [-0.05, 0) is 25.7 Å². The van der Waals surface area contributed by atoms with E-state index in [1.807, 2.05) is 0 Å². The van der Waals surface area contributed by atoms with E-state index in [1.165, 1.54) is 30.5 Å². The summed E-state index contributed by atoms with van der Waals surface area (Å²) in [5, 5.41) is 0. The molecule has 0 aromatic rings. The molecule has 1 rings (SSSR count). The van der Waals surface area contributed by atoms with Crippen molar-refractivity contribution in [1.82, 2.24) is 0 Å². The predicted octanol–water partition coefficient (Wildman–Crippen LogP) is 2.74. The molecule has 0 aliphatic heterocycles. The minimum Gasteiger partial charge on any atom is -0.120 e. The van der Waals surface area contributed by atoms with Gasteiger partial charge in [-0.15, -0.1) is 12.3 Å². The lowest BCUT2D eigenvalue weighted by Crippen LogP contribution is -2.06.